The van der Waals surface area contributed by atoms with Crippen LogP contribution in [0.2, 0.25) is 0 Å². The molecule has 0 aliphatic carbocycles. The summed E-state index contributed by atoms with van der Waals surface area (Å²) in [6.45, 7) is 0. The van der Waals surface area contributed by atoms with Crippen LogP contribution in [0, 0.1) is 0 Å². The minimum atomic E-state index is -5.39. The Morgan fingerprint density at radius 1 is 1.15 bits per heavy atom. The molecule has 0 atom stereocenters. The Balaban J connectivity index is 4.30. The summed E-state index contributed by atoms with van der Waals surface area (Å²) in [6.07, 6.45) is -10.7. The third-order valence-corrected chi connectivity index (χ3v) is 0.769. The molecule has 0 aliphatic heterocycles. The second kappa shape index (κ2) is 3.40. The number of amides is 1. The van der Waals surface area contributed by atoms with Crippen molar-refractivity contribution in [3.63, 3.8) is 0 Å². The molecule has 0 fully saturated rings. The Hall–Kier alpha value is -0.990. The highest BCUT2D eigenvalue weighted by molar-refractivity contribution is 5.80. The molecule has 0 saturated heterocycles. The summed E-state index contributed by atoms with van der Waals surface area (Å²) in [5, 5.41) is -0.931. The third kappa shape index (κ3) is 4.55. The van der Waals surface area contributed by atoms with Crippen LogP contribution in [0.3, 0.4) is 0 Å². The fourth-order valence-electron chi connectivity index (χ4n) is 0.375. The monoisotopic (exact) mass is 211 g/mol. The Morgan fingerprint density at radius 2 is 1.54 bits per heavy atom. The number of carbonyl (C=O) groups is 1. The van der Waals surface area contributed by atoms with Crippen LogP contribution in [-0.4, -0.2) is 30.6 Å². The standard InChI is InChI=1S/C4H3F6NO2/c1-11(13-4(8,9)10)2(12)3(5,6)7/h1H3. The maximum absolute atomic E-state index is 11.4. The molecular formula is C4H3F6NO2. The molecule has 0 N–H and O–H groups in total. The van der Waals surface area contributed by atoms with Gasteiger partial charge in [0.1, 0.15) is 0 Å². The number of rotatable bonds is 1. The van der Waals surface area contributed by atoms with E-state index in [0.29, 0.717) is 0 Å². The smallest absolute Gasteiger partial charge is 0.262 e. The van der Waals surface area contributed by atoms with E-state index < -0.39 is 23.5 Å². The largest absolute Gasteiger partial charge is 0.544 e. The number of nitrogens with zero attached hydrogens (tertiary/aromatic N) is 1. The maximum Gasteiger partial charge on any atom is 0.544 e. The van der Waals surface area contributed by atoms with E-state index in [2.05, 4.69) is 4.84 Å². The van der Waals surface area contributed by atoms with Gasteiger partial charge in [0.15, 0.2) is 0 Å². The number of halogens is 6. The van der Waals surface area contributed by atoms with Crippen molar-refractivity contribution < 1.29 is 36.0 Å². The molecule has 0 spiro atoms. The van der Waals surface area contributed by atoms with Gasteiger partial charge in [0.2, 0.25) is 0 Å². The average molecular weight is 211 g/mol. The second-order valence-corrected chi connectivity index (χ2v) is 1.84. The van der Waals surface area contributed by atoms with Crippen molar-refractivity contribution in [2.45, 2.75) is 12.5 Å². The summed E-state index contributed by atoms with van der Waals surface area (Å²) in [5.74, 6) is -2.73. The molecule has 3 nitrogen and oxygen atoms in total. The van der Waals surface area contributed by atoms with Crippen molar-refractivity contribution in [2.75, 3.05) is 7.05 Å². The van der Waals surface area contributed by atoms with Gasteiger partial charge in [-0.05, 0) is 0 Å². The Morgan fingerprint density at radius 3 is 1.77 bits per heavy atom. The topological polar surface area (TPSA) is 29.5 Å². The first-order valence-corrected chi connectivity index (χ1v) is 2.65. The van der Waals surface area contributed by atoms with Crippen LogP contribution in [0.4, 0.5) is 26.3 Å². The lowest BCUT2D eigenvalue weighted by Gasteiger charge is -2.18. The van der Waals surface area contributed by atoms with E-state index in [1.807, 2.05) is 0 Å². The highest BCUT2D eigenvalue weighted by atomic mass is 19.4. The van der Waals surface area contributed by atoms with Crippen LogP contribution in [0.5, 0.6) is 0 Å². The van der Waals surface area contributed by atoms with E-state index in [-0.39, 0.29) is 7.05 Å². The van der Waals surface area contributed by atoms with Gasteiger partial charge >= 0.3 is 18.4 Å². The van der Waals surface area contributed by atoms with Crippen LogP contribution in [0.25, 0.3) is 0 Å². The molecule has 9 heteroatoms. The minimum Gasteiger partial charge on any atom is -0.262 e. The second-order valence-electron chi connectivity index (χ2n) is 1.84. The maximum atomic E-state index is 11.4. The molecule has 0 aliphatic rings. The molecule has 1 amide bonds. The number of hydroxylamine groups is 2. The van der Waals surface area contributed by atoms with Crippen LogP contribution < -0.4 is 0 Å². The van der Waals surface area contributed by atoms with E-state index in [9.17, 15) is 31.1 Å². The van der Waals surface area contributed by atoms with Gasteiger partial charge in [0.25, 0.3) is 0 Å². The molecule has 0 unspecified atom stereocenters. The van der Waals surface area contributed by atoms with Crippen LogP contribution in [0.1, 0.15) is 0 Å². The first-order chi connectivity index (χ1) is 5.54. The van der Waals surface area contributed by atoms with Crippen molar-refractivity contribution in [1.82, 2.24) is 5.06 Å². The Labute approximate surface area is 67.8 Å². The van der Waals surface area contributed by atoms with Gasteiger partial charge in [-0.1, -0.05) is 0 Å². The lowest BCUT2D eigenvalue weighted by molar-refractivity contribution is -0.401. The lowest BCUT2D eigenvalue weighted by Crippen LogP contribution is -2.41. The molecular weight excluding hydrogens is 208 g/mol. The first-order valence-electron chi connectivity index (χ1n) is 2.65. The molecule has 78 valence electrons. The van der Waals surface area contributed by atoms with Gasteiger partial charge < -0.3 is 0 Å². The van der Waals surface area contributed by atoms with Gasteiger partial charge in [-0.2, -0.15) is 18.0 Å². The van der Waals surface area contributed by atoms with Gasteiger partial charge in [0.05, 0.1) is 0 Å². The summed E-state index contributed by atoms with van der Waals surface area (Å²) in [4.78, 5) is 12.7. The summed E-state index contributed by atoms with van der Waals surface area (Å²) in [6, 6.07) is 0. The molecule has 0 bridgehead atoms. The SMILES string of the molecule is CN(OC(F)(F)F)C(=O)C(F)(F)F. The van der Waals surface area contributed by atoms with E-state index in [1.54, 1.807) is 0 Å². The zero-order chi connectivity index (χ0) is 10.9. The molecule has 0 radical (unpaired) electrons. The average Bonchev–Trinajstić information content (AvgIpc) is 1.79. The van der Waals surface area contributed by atoms with E-state index in [1.165, 1.54) is 0 Å². The van der Waals surface area contributed by atoms with E-state index in [0.717, 1.165) is 0 Å². The Kier molecular flexibility index (Phi) is 3.14. The molecule has 0 aromatic rings. The highest BCUT2D eigenvalue weighted by Crippen LogP contribution is 2.22. The van der Waals surface area contributed by atoms with E-state index in [4.69, 9.17) is 0 Å². The molecule has 0 aromatic carbocycles. The number of hydrogen-bond donors (Lipinski definition) is 0. The zero-order valence-corrected chi connectivity index (χ0v) is 6.03. The van der Waals surface area contributed by atoms with Crippen molar-refractivity contribution >= 4 is 5.91 Å². The van der Waals surface area contributed by atoms with Gasteiger partial charge in [0, 0.05) is 7.05 Å². The third-order valence-electron chi connectivity index (χ3n) is 0.769. The number of hydrogen-bond acceptors (Lipinski definition) is 2. The quantitative estimate of drug-likeness (QED) is 0.485. The van der Waals surface area contributed by atoms with Crippen LogP contribution in [0.15, 0.2) is 0 Å². The van der Waals surface area contributed by atoms with Crippen molar-refractivity contribution in [3.05, 3.63) is 0 Å². The molecule has 13 heavy (non-hydrogen) atoms. The van der Waals surface area contributed by atoms with Crippen molar-refractivity contribution in [2.24, 2.45) is 0 Å². The summed E-state index contributed by atoms with van der Waals surface area (Å²) in [7, 11) is 0.212. The van der Waals surface area contributed by atoms with E-state index >= 15 is 0 Å². The van der Waals surface area contributed by atoms with Gasteiger partial charge in [-0.3, -0.25) is 4.79 Å². The molecule has 0 saturated carbocycles. The summed E-state index contributed by atoms with van der Waals surface area (Å²) >= 11 is 0. The summed E-state index contributed by atoms with van der Waals surface area (Å²) in [5.41, 5.74) is 0. The number of carbonyl (C=O) groups excluding carboxylic acids is 1. The lowest BCUT2D eigenvalue weighted by atomic mass is 10.6. The fraction of sp³-hybridized carbons (Fsp3) is 0.750. The van der Waals surface area contributed by atoms with Gasteiger partial charge in [-0.25, -0.2) is 5.06 Å². The predicted octanol–water partition coefficient (Wildman–Crippen LogP) is 1.46. The summed E-state index contributed by atoms with van der Waals surface area (Å²) < 4.78 is 68.1. The molecule has 0 rings (SSSR count). The normalized spacial score (nSPS) is 12.8. The zero-order valence-electron chi connectivity index (χ0n) is 6.03. The molecule has 0 heterocycles. The van der Waals surface area contributed by atoms with Crippen LogP contribution >= 0.6 is 0 Å². The minimum absolute atomic E-state index is 0.212. The number of alkyl halides is 6. The fourth-order valence-corrected chi connectivity index (χ4v) is 0.375. The molecule has 0 aromatic heterocycles. The van der Waals surface area contributed by atoms with Gasteiger partial charge in [-0.15, -0.1) is 13.2 Å². The first kappa shape index (κ1) is 12.0. The highest BCUT2D eigenvalue weighted by Gasteiger charge is 2.45. The Bertz CT molecular complexity index is 196. The van der Waals surface area contributed by atoms with Crippen molar-refractivity contribution in [3.8, 4) is 0 Å². The van der Waals surface area contributed by atoms with Crippen LogP contribution in [-0.2, 0) is 9.63 Å². The van der Waals surface area contributed by atoms with Crippen molar-refractivity contribution in [1.29, 1.82) is 0 Å². The predicted molar refractivity (Wildman–Crippen MR) is 26.0 cm³/mol.